The number of aryl methyl sites for hydroxylation is 1. The highest BCUT2D eigenvalue weighted by Gasteiger charge is 2.32. The van der Waals surface area contributed by atoms with Gasteiger partial charge < -0.3 is 5.32 Å². The second kappa shape index (κ2) is 7.37. The van der Waals surface area contributed by atoms with Crippen LogP contribution >= 0.6 is 11.9 Å². The van der Waals surface area contributed by atoms with Crippen molar-refractivity contribution in [3.05, 3.63) is 54.5 Å². The fourth-order valence-electron chi connectivity index (χ4n) is 3.15. The number of fused-ring (bicyclic) bond motifs is 1. The van der Waals surface area contributed by atoms with Gasteiger partial charge in [-0.2, -0.15) is 4.98 Å². The zero-order chi connectivity index (χ0) is 19.8. The number of carbonyl (C=O) groups excluding carboxylic acids is 1. The van der Waals surface area contributed by atoms with Gasteiger partial charge in [-0.25, -0.2) is 9.89 Å². The summed E-state index contributed by atoms with van der Waals surface area (Å²) in [4.78, 5) is 22.8. The van der Waals surface area contributed by atoms with Crippen LogP contribution in [0.5, 0.6) is 0 Å². The molecule has 1 unspecified atom stereocenters. The number of benzene rings is 1. The number of anilines is 2. The normalized spacial score (nSPS) is 20.2. The van der Waals surface area contributed by atoms with E-state index in [4.69, 9.17) is 0 Å². The highest BCUT2D eigenvalue weighted by atomic mass is 32.2. The van der Waals surface area contributed by atoms with Crippen LogP contribution in [0.2, 0.25) is 0 Å². The number of hydrogen-bond donors (Lipinski definition) is 4. The lowest BCUT2D eigenvalue weighted by atomic mass is 10.3. The Labute approximate surface area is 172 Å². The molecule has 0 radical (unpaired) electrons. The Kier molecular flexibility index (Phi) is 4.57. The minimum atomic E-state index is 0.122. The molecule has 4 N–H and O–H groups in total. The van der Waals surface area contributed by atoms with Crippen molar-refractivity contribution in [1.82, 2.24) is 19.5 Å². The molecule has 10 heteroatoms. The molecule has 1 atom stereocenters. The Bertz CT molecular complexity index is 1020. The smallest absolute Gasteiger partial charge is 0.250 e. The van der Waals surface area contributed by atoms with E-state index in [0.29, 0.717) is 12.5 Å². The topological polar surface area (TPSA) is 103 Å². The molecule has 3 aliphatic rings. The molecule has 29 heavy (non-hydrogen) atoms. The van der Waals surface area contributed by atoms with E-state index in [1.165, 1.54) is 0 Å². The quantitative estimate of drug-likeness (QED) is 0.539. The summed E-state index contributed by atoms with van der Waals surface area (Å²) in [6, 6.07) is 7.91. The number of aromatic amines is 1. The second-order valence-electron chi connectivity index (χ2n) is 7.17. The van der Waals surface area contributed by atoms with Gasteiger partial charge >= 0.3 is 0 Å². The molecule has 9 nitrogen and oxygen atoms in total. The minimum absolute atomic E-state index is 0.122. The average molecular weight is 409 g/mol. The van der Waals surface area contributed by atoms with Gasteiger partial charge in [-0.1, -0.05) is 0 Å². The Balaban J connectivity index is 1.29. The number of H-pyrrole nitrogens is 1. The van der Waals surface area contributed by atoms with Crippen LogP contribution in [0.25, 0.3) is 0 Å². The van der Waals surface area contributed by atoms with Crippen molar-refractivity contribution in [3.8, 4) is 0 Å². The van der Waals surface area contributed by atoms with Crippen LogP contribution in [0.4, 0.5) is 11.6 Å². The summed E-state index contributed by atoms with van der Waals surface area (Å²) in [7, 11) is 0. The largest absolute Gasteiger partial charge is 0.326 e. The van der Waals surface area contributed by atoms with Crippen molar-refractivity contribution in [2.24, 2.45) is 10.9 Å². The SMILES string of the molecule is Cc1nc(NC2=CN(Sc3ccc(NC(=O)C4CC4)cc3)CC3=NC=C[NH+]23)n[nH]1. The average Bonchev–Trinajstić information content (AvgIpc) is 3.32. The van der Waals surface area contributed by atoms with Crippen LogP contribution in [0.1, 0.15) is 18.7 Å². The van der Waals surface area contributed by atoms with Crippen molar-refractivity contribution in [2.45, 2.75) is 24.7 Å². The van der Waals surface area contributed by atoms with Crippen LogP contribution in [-0.4, -0.2) is 37.8 Å². The maximum absolute atomic E-state index is 11.9. The summed E-state index contributed by atoms with van der Waals surface area (Å²) < 4.78 is 2.12. The van der Waals surface area contributed by atoms with Crippen LogP contribution < -0.4 is 15.5 Å². The number of aromatic nitrogens is 3. The number of carbonyl (C=O) groups is 1. The van der Waals surface area contributed by atoms with Gasteiger partial charge in [0.25, 0.3) is 5.95 Å². The molecule has 0 saturated heterocycles. The van der Waals surface area contributed by atoms with Gasteiger partial charge in [-0.15, -0.1) is 5.10 Å². The first-order valence-electron chi connectivity index (χ1n) is 9.48. The number of aliphatic imine (C=N–C) groups is 1. The predicted octanol–water partition coefficient (Wildman–Crippen LogP) is 1.46. The Morgan fingerprint density at radius 2 is 2.14 bits per heavy atom. The van der Waals surface area contributed by atoms with E-state index in [2.05, 4.69) is 35.1 Å². The van der Waals surface area contributed by atoms with Gasteiger partial charge in [0.2, 0.25) is 17.6 Å². The van der Waals surface area contributed by atoms with Crippen LogP contribution in [0.3, 0.4) is 0 Å². The summed E-state index contributed by atoms with van der Waals surface area (Å²) in [5, 5.41) is 13.2. The number of amidine groups is 1. The molecule has 3 heterocycles. The molecule has 1 aromatic carbocycles. The third kappa shape index (κ3) is 4.03. The van der Waals surface area contributed by atoms with Gasteiger partial charge in [0.15, 0.2) is 0 Å². The molecule has 5 rings (SSSR count). The zero-order valence-electron chi connectivity index (χ0n) is 15.8. The third-order valence-electron chi connectivity index (χ3n) is 4.79. The summed E-state index contributed by atoms with van der Waals surface area (Å²) >= 11 is 1.61. The van der Waals surface area contributed by atoms with Crippen molar-refractivity contribution in [1.29, 1.82) is 0 Å². The van der Waals surface area contributed by atoms with Crippen LogP contribution in [0, 0.1) is 12.8 Å². The Morgan fingerprint density at radius 1 is 1.31 bits per heavy atom. The van der Waals surface area contributed by atoms with Crippen molar-refractivity contribution in [3.63, 3.8) is 0 Å². The first kappa shape index (κ1) is 18.0. The number of nitrogens with one attached hydrogen (secondary N) is 4. The molecular weight excluding hydrogens is 388 g/mol. The van der Waals surface area contributed by atoms with Gasteiger partial charge in [0, 0.05) is 16.5 Å². The monoisotopic (exact) mass is 409 g/mol. The maximum atomic E-state index is 11.9. The van der Waals surface area contributed by atoms with E-state index in [-0.39, 0.29) is 11.8 Å². The molecule has 1 fully saturated rings. The molecule has 1 amide bonds. The molecular formula is C19H21N8OS+. The lowest BCUT2D eigenvalue weighted by Gasteiger charge is -2.27. The number of nitrogens with zero attached hydrogens (tertiary/aromatic N) is 4. The zero-order valence-corrected chi connectivity index (χ0v) is 16.7. The van der Waals surface area contributed by atoms with E-state index in [1.54, 1.807) is 11.9 Å². The fourth-order valence-corrected chi connectivity index (χ4v) is 4.02. The molecule has 0 spiro atoms. The summed E-state index contributed by atoms with van der Waals surface area (Å²) in [5.41, 5.74) is 0.836. The van der Waals surface area contributed by atoms with Crippen LogP contribution in [-0.2, 0) is 4.79 Å². The maximum Gasteiger partial charge on any atom is 0.250 e. The molecule has 1 saturated carbocycles. The fraction of sp³-hybridized carbons (Fsp3) is 0.263. The number of amides is 1. The van der Waals surface area contributed by atoms with E-state index in [9.17, 15) is 4.79 Å². The van der Waals surface area contributed by atoms with Gasteiger partial charge in [-0.05, 0) is 56.0 Å². The molecule has 0 bridgehead atoms. The first-order chi connectivity index (χ1) is 14.1. The van der Waals surface area contributed by atoms with Gasteiger partial charge in [0.1, 0.15) is 18.6 Å². The lowest BCUT2D eigenvalue weighted by Crippen LogP contribution is -3.10. The van der Waals surface area contributed by atoms with E-state index in [0.717, 1.165) is 45.8 Å². The Morgan fingerprint density at radius 3 is 2.86 bits per heavy atom. The molecule has 2 aromatic rings. The van der Waals surface area contributed by atoms with Gasteiger partial charge in [0.05, 0.1) is 12.4 Å². The Hall–Kier alpha value is -3.11. The van der Waals surface area contributed by atoms with Crippen molar-refractivity contribution in [2.75, 3.05) is 17.2 Å². The number of quaternary nitrogens is 1. The van der Waals surface area contributed by atoms with E-state index < -0.39 is 0 Å². The third-order valence-corrected chi connectivity index (χ3v) is 5.74. The summed E-state index contributed by atoms with van der Waals surface area (Å²) in [5.74, 6) is 3.52. The predicted molar refractivity (Wildman–Crippen MR) is 111 cm³/mol. The van der Waals surface area contributed by atoms with Gasteiger partial charge in [-0.3, -0.25) is 19.5 Å². The second-order valence-corrected chi connectivity index (χ2v) is 8.29. The number of hydrogen-bond acceptors (Lipinski definition) is 7. The lowest BCUT2D eigenvalue weighted by molar-refractivity contribution is -0.699. The summed E-state index contributed by atoms with van der Waals surface area (Å²) in [6.07, 6.45) is 7.86. The molecule has 1 aliphatic carbocycles. The highest BCUT2D eigenvalue weighted by Crippen LogP contribution is 2.31. The van der Waals surface area contributed by atoms with E-state index >= 15 is 0 Å². The summed E-state index contributed by atoms with van der Waals surface area (Å²) in [6.45, 7) is 2.56. The van der Waals surface area contributed by atoms with E-state index in [1.807, 2.05) is 49.8 Å². The molecule has 2 aliphatic heterocycles. The molecule has 148 valence electrons. The standard InChI is InChI=1S/C19H20N8OS/c1-12-21-19(25-24-12)23-17-11-26(10-16-20-8-9-27(16)17)29-15-6-4-14(5-7-15)22-18(28)13-2-3-13/h4-9,11,13H,2-3,10H2,1H3,(H,22,28)(H2,21,23,24,25)/p+1. The van der Waals surface area contributed by atoms with Crippen molar-refractivity contribution < 1.29 is 9.69 Å². The minimum Gasteiger partial charge on any atom is -0.326 e. The highest BCUT2D eigenvalue weighted by molar-refractivity contribution is 7.97. The first-order valence-corrected chi connectivity index (χ1v) is 10.3. The van der Waals surface area contributed by atoms with Crippen LogP contribution in [0.15, 0.2) is 58.6 Å². The number of rotatable bonds is 6. The molecule has 1 aromatic heterocycles. The van der Waals surface area contributed by atoms with Crippen molar-refractivity contribution >= 4 is 35.3 Å².